The van der Waals surface area contributed by atoms with Gasteiger partial charge in [0.2, 0.25) is 5.91 Å². The third kappa shape index (κ3) is 5.00. The number of hydrogen-bond acceptors (Lipinski definition) is 7. The normalized spacial score (nSPS) is 23.2. The van der Waals surface area contributed by atoms with E-state index in [1.54, 1.807) is 6.33 Å². The molecule has 0 spiro atoms. The number of H-pyrrole nitrogens is 1. The summed E-state index contributed by atoms with van der Waals surface area (Å²) >= 11 is 0. The fraction of sp³-hybridized carbons (Fsp3) is 0.483. The Kier molecular flexibility index (Phi) is 7.04. The van der Waals surface area contributed by atoms with Crippen molar-refractivity contribution in [1.82, 2.24) is 24.8 Å². The molecular weight excluding hydrogens is 478 g/mol. The number of aromatic amines is 1. The number of aromatic nitrogens is 3. The highest BCUT2D eigenvalue weighted by Crippen LogP contribution is 2.31. The number of likely N-dealkylation sites (tertiary alicyclic amines) is 2. The first kappa shape index (κ1) is 24.9. The smallest absolute Gasteiger partial charge is 0.246 e. The van der Waals surface area contributed by atoms with Gasteiger partial charge in [-0.15, -0.1) is 0 Å². The third-order valence-corrected chi connectivity index (χ3v) is 8.43. The van der Waals surface area contributed by atoms with Crippen LogP contribution in [-0.2, 0) is 9.53 Å². The molecule has 3 fully saturated rings. The van der Waals surface area contributed by atoms with Crippen molar-refractivity contribution in [2.75, 3.05) is 62.7 Å². The van der Waals surface area contributed by atoms with Gasteiger partial charge in [0.25, 0.3) is 0 Å². The second kappa shape index (κ2) is 10.7. The van der Waals surface area contributed by atoms with E-state index >= 15 is 0 Å². The molecule has 3 atom stereocenters. The number of nitrogens with zero attached hydrogens (tertiary/aromatic N) is 5. The Labute approximate surface area is 223 Å². The quantitative estimate of drug-likeness (QED) is 0.467. The van der Waals surface area contributed by atoms with Gasteiger partial charge < -0.3 is 24.8 Å². The predicted molar refractivity (Wildman–Crippen MR) is 150 cm³/mol. The van der Waals surface area contributed by atoms with Gasteiger partial charge in [0.05, 0.1) is 18.6 Å². The first-order chi connectivity index (χ1) is 18.6. The van der Waals surface area contributed by atoms with Crippen LogP contribution in [0.25, 0.3) is 22.3 Å². The van der Waals surface area contributed by atoms with Gasteiger partial charge in [-0.3, -0.25) is 9.69 Å². The van der Waals surface area contributed by atoms with Crippen molar-refractivity contribution in [3.05, 3.63) is 49.3 Å². The molecule has 6 rings (SSSR count). The van der Waals surface area contributed by atoms with E-state index in [1.807, 2.05) is 4.90 Å². The van der Waals surface area contributed by atoms with Crippen molar-refractivity contribution < 1.29 is 9.53 Å². The largest absolute Gasteiger partial charge is 0.382 e. The molecular formula is C29H37N7O2. The minimum Gasteiger partial charge on any atom is -0.382 e. The van der Waals surface area contributed by atoms with E-state index in [1.165, 1.54) is 12.5 Å². The highest BCUT2D eigenvalue weighted by molar-refractivity contribution is 5.92. The average molecular weight is 516 g/mol. The molecule has 2 aromatic heterocycles. The maximum Gasteiger partial charge on any atom is 0.246 e. The second-order valence-corrected chi connectivity index (χ2v) is 10.7. The lowest BCUT2D eigenvalue weighted by Crippen LogP contribution is -2.38. The SMILES string of the molecule is C=CC(=O)N1CC[C@H](N2CC[C@H](C(C)Nc3ccc(-c4cc5c(N6CCOCC6)ncnc5[nH]4)cc3)C2)C1. The molecule has 3 aromatic rings. The van der Waals surface area contributed by atoms with Crippen molar-refractivity contribution >= 4 is 28.4 Å². The number of amides is 1. The number of hydrogen-bond donors (Lipinski definition) is 2. The van der Waals surface area contributed by atoms with Crippen molar-refractivity contribution in [3.63, 3.8) is 0 Å². The number of carbonyl (C=O) groups is 1. The van der Waals surface area contributed by atoms with Crippen LogP contribution in [0.3, 0.4) is 0 Å². The van der Waals surface area contributed by atoms with Gasteiger partial charge in [-0.25, -0.2) is 9.97 Å². The summed E-state index contributed by atoms with van der Waals surface area (Å²) in [4.78, 5) is 31.3. The topological polar surface area (TPSA) is 89.6 Å². The molecule has 0 radical (unpaired) electrons. The Hall–Kier alpha value is -3.43. The molecule has 5 heterocycles. The zero-order valence-electron chi connectivity index (χ0n) is 22.1. The molecule has 9 heteroatoms. The first-order valence-corrected chi connectivity index (χ1v) is 13.8. The molecule has 3 aliphatic heterocycles. The molecule has 0 aliphatic carbocycles. The van der Waals surface area contributed by atoms with Gasteiger partial charge >= 0.3 is 0 Å². The van der Waals surface area contributed by atoms with Gasteiger partial charge in [-0.05, 0) is 62.1 Å². The minimum absolute atomic E-state index is 0.0552. The van der Waals surface area contributed by atoms with E-state index < -0.39 is 0 Å². The van der Waals surface area contributed by atoms with Crippen LogP contribution < -0.4 is 10.2 Å². The number of fused-ring (bicyclic) bond motifs is 1. The van der Waals surface area contributed by atoms with E-state index in [0.29, 0.717) is 18.0 Å². The molecule has 0 bridgehead atoms. The lowest BCUT2D eigenvalue weighted by molar-refractivity contribution is -0.125. The molecule has 3 saturated heterocycles. The highest BCUT2D eigenvalue weighted by Gasteiger charge is 2.35. The van der Waals surface area contributed by atoms with Crippen LogP contribution in [0.5, 0.6) is 0 Å². The predicted octanol–water partition coefficient (Wildman–Crippen LogP) is 3.37. The summed E-state index contributed by atoms with van der Waals surface area (Å²) in [5.41, 5.74) is 4.16. The third-order valence-electron chi connectivity index (χ3n) is 8.43. The standard InChI is InChI=1S/C29H37N7O2/c1-3-27(37)36-11-9-24(18-36)35-10-8-22(17-35)20(2)32-23-6-4-21(5-7-23)26-16-25-28(33-26)30-19-31-29(25)34-12-14-38-15-13-34/h3-7,16,19-20,22,24,32H,1,8-15,17-18H2,2H3,(H,30,31,33)/t20?,22-,24-/m0/s1. The van der Waals surface area contributed by atoms with E-state index in [4.69, 9.17) is 4.74 Å². The fourth-order valence-corrected chi connectivity index (χ4v) is 6.16. The number of rotatable bonds is 7. The fourth-order valence-electron chi connectivity index (χ4n) is 6.16. The first-order valence-electron chi connectivity index (χ1n) is 13.8. The number of carbonyl (C=O) groups excluding carboxylic acids is 1. The van der Waals surface area contributed by atoms with Crippen LogP contribution in [0.15, 0.2) is 49.3 Å². The molecule has 38 heavy (non-hydrogen) atoms. The number of ether oxygens (including phenoxy) is 1. The van der Waals surface area contributed by atoms with Crippen LogP contribution in [0.4, 0.5) is 11.5 Å². The monoisotopic (exact) mass is 515 g/mol. The summed E-state index contributed by atoms with van der Waals surface area (Å²) in [7, 11) is 0. The molecule has 9 nitrogen and oxygen atoms in total. The molecule has 1 aromatic carbocycles. The van der Waals surface area contributed by atoms with E-state index in [2.05, 4.69) is 73.9 Å². The number of nitrogens with one attached hydrogen (secondary N) is 2. The summed E-state index contributed by atoms with van der Waals surface area (Å²) in [6.07, 6.45) is 5.31. The van der Waals surface area contributed by atoms with E-state index in [9.17, 15) is 4.79 Å². The molecule has 2 N–H and O–H groups in total. The van der Waals surface area contributed by atoms with Crippen LogP contribution in [0.1, 0.15) is 19.8 Å². The summed E-state index contributed by atoms with van der Waals surface area (Å²) < 4.78 is 5.51. The van der Waals surface area contributed by atoms with E-state index in [0.717, 1.165) is 92.7 Å². The zero-order valence-corrected chi connectivity index (χ0v) is 22.1. The van der Waals surface area contributed by atoms with Crippen molar-refractivity contribution in [2.45, 2.75) is 31.8 Å². The Balaban J connectivity index is 1.08. The van der Waals surface area contributed by atoms with Crippen LogP contribution in [0.2, 0.25) is 0 Å². The summed E-state index contributed by atoms with van der Waals surface area (Å²) in [5, 5.41) is 4.78. The lowest BCUT2D eigenvalue weighted by atomic mass is 10.00. The van der Waals surface area contributed by atoms with Gasteiger partial charge in [-0.1, -0.05) is 18.7 Å². The van der Waals surface area contributed by atoms with E-state index in [-0.39, 0.29) is 5.91 Å². The Morgan fingerprint density at radius 2 is 1.95 bits per heavy atom. The van der Waals surface area contributed by atoms with Crippen LogP contribution >= 0.6 is 0 Å². The highest BCUT2D eigenvalue weighted by atomic mass is 16.5. The van der Waals surface area contributed by atoms with Gasteiger partial charge in [0, 0.05) is 56.2 Å². The summed E-state index contributed by atoms with van der Waals surface area (Å²) in [6.45, 7) is 12.9. The Bertz CT molecular complexity index is 1280. The molecule has 3 aliphatic rings. The zero-order chi connectivity index (χ0) is 26.1. The minimum atomic E-state index is 0.0552. The lowest BCUT2D eigenvalue weighted by Gasteiger charge is -2.27. The Morgan fingerprint density at radius 1 is 1.13 bits per heavy atom. The van der Waals surface area contributed by atoms with Crippen LogP contribution in [0, 0.1) is 5.92 Å². The molecule has 1 unspecified atom stereocenters. The van der Waals surface area contributed by atoms with Crippen molar-refractivity contribution in [3.8, 4) is 11.3 Å². The Morgan fingerprint density at radius 3 is 2.74 bits per heavy atom. The number of morpholine rings is 1. The van der Waals surface area contributed by atoms with Gasteiger partial charge in [0.1, 0.15) is 17.8 Å². The number of benzene rings is 1. The number of anilines is 2. The molecule has 1 amide bonds. The molecule has 200 valence electrons. The van der Waals surface area contributed by atoms with Crippen molar-refractivity contribution in [2.24, 2.45) is 5.92 Å². The van der Waals surface area contributed by atoms with Crippen LogP contribution in [-0.4, -0.2) is 95.2 Å². The van der Waals surface area contributed by atoms with Gasteiger partial charge in [-0.2, -0.15) is 0 Å². The maximum absolute atomic E-state index is 12.0. The summed E-state index contributed by atoms with van der Waals surface area (Å²) in [6, 6.07) is 11.6. The van der Waals surface area contributed by atoms with Crippen molar-refractivity contribution in [1.29, 1.82) is 0 Å². The second-order valence-electron chi connectivity index (χ2n) is 10.7. The van der Waals surface area contributed by atoms with Gasteiger partial charge in [0.15, 0.2) is 0 Å². The average Bonchev–Trinajstić information content (AvgIpc) is 3.72. The maximum atomic E-state index is 12.0. The summed E-state index contributed by atoms with van der Waals surface area (Å²) in [5.74, 6) is 1.61. The molecule has 0 saturated carbocycles.